The van der Waals surface area contributed by atoms with Crippen molar-refractivity contribution in [2.45, 2.75) is 49.0 Å². The van der Waals surface area contributed by atoms with Crippen LogP contribution in [0.5, 0.6) is 0 Å². The molecular weight excluding hydrogens is 434 g/mol. The van der Waals surface area contributed by atoms with Crippen molar-refractivity contribution in [3.05, 3.63) is 0 Å². The zero-order valence-electron chi connectivity index (χ0n) is 14.1. The molecule has 0 aromatic heterocycles. The SMILES string of the molecule is O=P(O)(OC[C@H]1OCC(O)[C@H]1O)OP(=O)(O)O[C@H]1O[C@@H]([C@H](O)CO)[C@@H](O)C1O. The zero-order valence-corrected chi connectivity index (χ0v) is 15.9. The molecule has 15 nitrogen and oxygen atoms in total. The van der Waals surface area contributed by atoms with Crippen LogP contribution >= 0.6 is 15.6 Å². The molecule has 2 aliphatic heterocycles. The summed E-state index contributed by atoms with van der Waals surface area (Å²) in [7, 11) is -10.7. The third kappa shape index (κ3) is 5.98. The van der Waals surface area contributed by atoms with Crippen LogP contribution < -0.4 is 0 Å². The van der Waals surface area contributed by atoms with Crippen molar-refractivity contribution in [3.8, 4) is 0 Å². The van der Waals surface area contributed by atoms with Crippen LogP contribution in [0.15, 0.2) is 0 Å². The van der Waals surface area contributed by atoms with Gasteiger partial charge in [-0.2, -0.15) is 4.31 Å². The number of phosphoric acid groups is 2. The number of ether oxygens (including phenoxy) is 2. The maximum Gasteiger partial charge on any atom is 0.483 e. The van der Waals surface area contributed by atoms with E-state index in [1.54, 1.807) is 0 Å². The minimum absolute atomic E-state index is 0.256. The summed E-state index contributed by atoms with van der Waals surface area (Å²) in [6.45, 7) is -1.90. The molecule has 2 aliphatic rings. The Balaban J connectivity index is 1.91. The normalized spacial score (nSPS) is 41.5. The largest absolute Gasteiger partial charge is 0.483 e. The van der Waals surface area contributed by atoms with Gasteiger partial charge in [0.2, 0.25) is 0 Å². The standard InChI is InChI=1S/C11H22O15P2/c12-1-4(13)10-8(16)9(17)11(24-10)25-28(20,21)26-27(18,19)23-3-6-7(15)5(14)2-22-6/h4-17H,1-3H2,(H,18,19)(H,20,21)/t4-,5?,6-,7-,8+,9?,10+,11-/m1/s1. The lowest BCUT2D eigenvalue weighted by molar-refractivity contribution is -0.144. The van der Waals surface area contributed by atoms with Crippen LogP contribution in [-0.4, -0.2) is 109 Å². The summed E-state index contributed by atoms with van der Waals surface area (Å²) in [5, 5.41) is 56.5. The molecule has 0 amide bonds. The molecule has 0 aromatic rings. The Morgan fingerprint density at radius 3 is 2.21 bits per heavy atom. The summed E-state index contributed by atoms with van der Waals surface area (Å²) in [6.07, 6.45) is -12.9. The number of hydrogen-bond acceptors (Lipinski definition) is 13. The number of aliphatic hydroxyl groups excluding tert-OH is 6. The van der Waals surface area contributed by atoms with E-state index in [0.717, 1.165) is 0 Å². The number of phosphoric ester groups is 2. The second-order valence-corrected chi connectivity index (χ2v) is 9.05. The van der Waals surface area contributed by atoms with Crippen molar-refractivity contribution in [1.29, 1.82) is 0 Å². The van der Waals surface area contributed by atoms with E-state index in [1.807, 2.05) is 0 Å². The lowest BCUT2D eigenvalue weighted by Crippen LogP contribution is -2.40. The maximum absolute atomic E-state index is 11.9. The minimum Gasteiger partial charge on any atom is -0.394 e. The Morgan fingerprint density at radius 2 is 1.68 bits per heavy atom. The van der Waals surface area contributed by atoms with Crippen molar-refractivity contribution in [1.82, 2.24) is 0 Å². The highest BCUT2D eigenvalue weighted by Gasteiger charge is 2.50. The highest BCUT2D eigenvalue weighted by molar-refractivity contribution is 7.61. The van der Waals surface area contributed by atoms with Crippen LogP contribution in [0.1, 0.15) is 0 Å². The summed E-state index contributed by atoms with van der Waals surface area (Å²) in [6, 6.07) is 0. The van der Waals surface area contributed by atoms with Gasteiger partial charge < -0.3 is 49.9 Å². The van der Waals surface area contributed by atoms with Crippen molar-refractivity contribution >= 4 is 15.6 Å². The highest BCUT2D eigenvalue weighted by atomic mass is 31.3. The molecule has 28 heavy (non-hydrogen) atoms. The summed E-state index contributed by atoms with van der Waals surface area (Å²) in [5.74, 6) is 0. The number of aliphatic hydroxyl groups is 6. The minimum atomic E-state index is -5.41. The average Bonchev–Trinajstić information content (AvgIpc) is 3.05. The molecule has 2 rings (SSSR count). The Kier molecular flexibility index (Phi) is 8.12. The van der Waals surface area contributed by atoms with Gasteiger partial charge in [0.05, 0.1) is 19.8 Å². The quantitative estimate of drug-likeness (QED) is 0.155. The number of rotatable bonds is 9. The van der Waals surface area contributed by atoms with Crippen LogP contribution in [0, 0.1) is 0 Å². The van der Waals surface area contributed by atoms with Gasteiger partial charge in [0, 0.05) is 0 Å². The fraction of sp³-hybridized carbons (Fsp3) is 1.00. The molecule has 2 fully saturated rings. The van der Waals surface area contributed by atoms with E-state index in [0.29, 0.717) is 0 Å². The highest BCUT2D eigenvalue weighted by Crippen LogP contribution is 2.61. The second-order valence-electron chi connectivity index (χ2n) is 6.05. The molecule has 166 valence electrons. The van der Waals surface area contributed by atoms with E-state index < -0.39 is 77.9 Å². The van der Waals surface area contributed by atoms with E-state index in [1.165, 1.54) is 0 Å². The van der Waals surface area contributed by atoms with E-state index in [2.05, 4.69) is 13.4 Å². The van der Waals surface area contributed by atoms with Gasteiger partial charge in [0.15, 0.2) is 6.29 Å². The Bertz CT molecular complexity index is 617. The van der Waals surface area contributed by atoms with E-state index in [4.69, 9.17) is 14.6 Å². The third-order valence-electron chi connectivity index (χ3n) is 3.92. The van der Waals surface area contributed by atoms with Gasteiger partial charge in [-0.15, -0.1) is 0 Å². The second kappa shape index (κ2) is 9.39. The first-order chi connectivity index (χ1) is 12.9. The molecule has 17 heteroatoms. The van der Waals surface area contributed by atoms with Gasteiger partial charge in [0.25, 0.3) is 0 Å². The molecule has 4 unspecified atom stereocenters. The van der Waals surface area contributed by atoms with Gasteiger partial charge in [0.1, 0.15) is 42.7 Å². The van der Waals surface area contributed by atoms with E-state index >= 15 is 0 Å². The van der Waals surface area contributed by atoms with Crippen molar-refractivity contribution in [2.24, 2.45) is 0 Å². The molecule has 0 saturated carbocycles. The van der Waals surface area contributed by atoms with E-state index in [9.17, 15) is 44.4 Å². The molecule has 0 aliphatic carbocycles. The molecule has 0 aromatic carbocycles. The summed E-state index contributed by atoms with van der Waals surface area (Å²) in [4.78, 5) is 19.1. The van der Waals surface area contributed by atoms with Gasteiger partial charge in [-0.25, -0.2) is 9.13 Å². The van der Waals surface area contributed by atoms with Crippen molar-refractivity contribution in [3.63, 3.8) is 0 Å². The molecule has 2 heterocycles. The Hall–Kier alpha value is -0.0600. The maximum atomic E-state index is 11.9. The summed E-state index contributed by atoms with van der Waals surface area (Å²) in [5.41, 5.74) is 0. The predicted molar refractivity (Wildman–Crippen MR) is 83.3 cm³/mol. The van der Waals surface area contributed by atoms with Gasteiger partial charge >= 0.3 is 15.6 Å². The monoisotopic (exact) mass is 456 g/mol. The lowest BCUT2D eigenvalue weighted by atomic mass is 10.1. The molecule has 0 spiro atoms. The Labute approximate surface area is 157 Å². The predicted octanol–water partition coefficient (Wildman–Crippen LogP) is -3.84. The van der Waals surface area contributed by atoms with Crippen LogP contribution in [-0.2, 0) is 32.0 Å². The molecule has 8 N–H and O–H groups in total. The average molecular weight is 456 g/mol. The van der Waals surface area contributed by atoms with E-state index in [-0.39, 0.29) is 6.61 Å². The molecule has 0 radical (unpaired) electrons. The van der Waals surface area contributed by atoms with Crippen LogP contribution in [0.3, 0.4) is 0 Å². The summed E-state index contributed by atoms with van der Waals surface area (Å²) >= 11 is 0. The van der Waals surface area contributed by atoms with Crippen molar-refractivity contribution in [2.75, 3.05) is 19.8 Å². The topological polar surface area (TPSA) is 242 Å². The molecular formula is C11H22O15P2. The van der Waals surface area contributed by atoms with Gasteiger partial charge in [-0.3, -0.25) is 9.05 Å². The van der Waals surface area contributed by atoms with Crippen molar-refractivity contribution < 1.29 is 72.4 Å². The smallest absolute Gasteiger partial charge is 0.394 e. The molecule has 2 saturated heterocycles. The lowest BCUT2D eigenvalue weighted by Gasteiger charge is -2.22. The fourth-order valence-corrected chi connectivity index (χ4v) is 4.62. The number of hydrogen-bond donors (Lipinski definition) is 8. The first-order valence-electron chi connectivity index (χ1n) is 7.85. The van der Waals surface area contributed by atoms with Gasteiger partial charge in [-0.05, 0) is 0 Å². The van der Waals surface area contributed by atoms with Gasteiger partial charge in [-0.1, -0.05) is 0 Å². The third-order valence-corrected chi connectivity index (χ3v) is 6.52. The molecule has 10 atom stereocenters. The van der Waals surface area contributed by atoms with Crippen LogP contribution in [0.2, 0.25) is 0 Å². The zero-order chi connectivity index (χ0) is 21.3. The van der Waals surface area contributed by atoms with Crippen LogP contribution in [0.25, 0.3) is 0 Å². The van der Waals surface area contributed by atoms with Crippen LogP contribution in [0.4, 0.5) is 0 Å². The fourth-order valence-electron chi connectivity index (χ4n) is 2.47. The Morgan fingerprint density at radius 1 is 1.04 bits per heavy atom. The first kappa shape index (κ1) is 24.2. The summed E-state index contributed by atoms with van der Waals surface area (Å²) < 4.78 is 46.2. The molecule has 0 bridgehead atoms. The first-order valence-corrected chi connectivity index (χ1v) is 10.8.